The standard InChI is InChI=1S/C29H30FN3O.C8H16FNO.C4H8.C2H6/c1-5-18(2)26-17-25(33-28(20(26)4)21-8-10-24(30)11-9-21)12-14-32-29(34)23-15-19(3)27-22(16-23)7-6-13-31-27;1-7(2,3)8(4,9)5-10-6-11;1-4-2-3-4;1-2/h6-11,13,15-18H,5,12,14H2,1-4H3,(H,32,34);6H,5H2,1-4H3,(H,10,11);4H,2-3H2,1H3;1-2H3. The summed E-state index contributed by atoms with van der Waals surface area (Å²) in [4.78, 5) is 32.0. The van der Waals surface area contributed by atoms with Crippen molar-refractivity contribution in [3.8, 4) is 11.3 Å². The van der Waals surface area contributed by atoms with Gasteiger partial charge < -0.3 is 10.6 Å². The first kappa shape index (κ1) is 43.0. The van der Waals surface area contributed by atoms with Crippen molar-refractivity contribution in [2.45, 2.75) is 113 Å². The van der Waals surface area contributed by atoms with Gasteiger partial charge >= 0.3 is 0 Å². The van der Waals surface area contributed by atoms with Gasteiger partial charge in [-0.05, 0) is 110 Å². The zero-order chi connectivity index (χ0) is 38.4. The predicted molar refractivity (Wildman–Crippen MR) is 208 cm³/mol. The average molecular weight is 703 g/mol. The Balaban J connectivity index is 0.000000439. The second kappa shape index (κ2) is 20.0. The van der Waals surface area contributed by atoms with E-state index in [0.717, 1.165) is 51.3 Å². The summed E-state index contributed by atoms with van der Waals surface area (Å²) in [6.45, 7) is 22.2. The summed E-state index contributed by atoms with van der Waals surface area (Å²) in [5, 5.41) is 6.33. The smallest absolute Gasteiger partial charge is 0.251 e. The molecule has 2 aromatic heterocycles. The van der Waals surface area contributed by atoms with E-state index in [1.54, 1.807) is 39.1 Å². The number of carbonyl (C=O) groups is 2. The summed E-state index contributed by atoms with van der Waals surface area (Å²) in [7, 11) is 0. The molecule has 0 aliphatic heterocycles. The van der Waals surface area contributed by atoms with E-state index in [1.165, 1.54) is 37.5 Å². The van der Waals surface area contributed by atoms with Crippen molar-refractivity contribution >= 4 is 23.2 Å². The molecule has 0 saturated heterocycles. The normalized spacial score (nSPS) is 13.9. The molecule has 0 radical (unpaired) electrons. The molecule has 1 aliphatic carbocycles. The fourth-order valence-electron chi connectivity index (χ4n) is 5.01. The summed E-state index contributed by atoms with van der Waals surface area (Å²) >= 11 is 0. The molecule has 5 rings (SSSR count). The Morgan fingerprint density at radius 2 is 1.67 bits per heavy atom. The summed E-state index contributed by atoms with van der Waals surface area (Å²) in [6, 6.07) is 16.2. The van der Waals surface area contributed by atoms with Crippen molar-refractivity contribution in [3.05, 3.63) is 94.6 Å². The molecule has 2 heterocycles. The molecule has 2 atom stereocenters. The van der Waals surface area contributed by atoms with Gasteiger partial charge in [0.05, 0.1) is 17.8 Å². The number of halogens is 2. The van der Waals surface area contributed by atoms with Crippen LogP contribution in [0.5, 0.6) is 0 Å². The molecule has 8 heteroatoms. The van der Waals surface area contributed by atoms with E-state index >= 15 is 0 Å². The van der Waals surface area contributed by atoms with Crippen LogP contribution in [0.1, 0.15) is 120 Å². The molecule has 0 bridgehead atoms. The third-order valence-corrected chi connectivity index (χ3v) is 9.40. The van der Waals surface area contributed by atoms with Gasteiger partial charge in [-0.25, -0.2) is 8.78 Å². The molecule has 2 unspecified atom stereocenters. The van der Waals surface area contributed by atoms with E-state index in [9.17, 15) is 18.4 Å². The number of amides is 2. The molecule has 1 fully saturated rings. The number of fused-ring (bicyclic) bond motifs is 1. The molecule has 1 saturated carbocycles. The number of hydrogen-bond donors (Lipinski definition) is 2. The van der Waals surface area contributed by atoms with Crippen LogP contribution in [0.2, 0.25) is 0 Å². The quantitative estimate of drug-likeness (QED) is 0.161. The number of pyridine rings is 2. The number of rotatable bonds is 10. The second-order valence-corrected chi connectivity index (χ2v) is 14.5. The maximum atomic E-state index is 13.6. The van der Waals surface area contributed by atoms with Crippen LogP contribution in [0.4, 0.5) is 8.78 Å². The first-order chi connectivity index (χ1) is 24.1. The number of carbonyl (C=O) groups excluding carboxylic acids is 2. The molecule has 6 nitrogen and oxygen atoms in total. The lowest BCUT2D eigenvalue weighted by atomic mass is 9.79. The van der Waals surface area contributed by atoms with Crippen LogP contribution in [0.25, 0.3) is 22.2 Å². The lowest BCUT2D eigenvalue weighted by Crippen LogP contribution is -2.44. The Morgan fingerprint density at radius 3 is 2.22 bits per heavy atom. The number of aromatic nitrogens is 2. The molecular formula is C43H60F2N4O2. The van der Waals surface area contributed by atoms with E-state index < -0.39 is 11.1 Å². The predicted octanol–water partition coefficient (Wildman–Crippen LogP) is 10.5. The highest BCUT2D eigenvalue weighted by molar-refractivity contribution is 5.98. The van der Waals surface area contributed by atoms with E-state index in [4.69, 9.17) is 4.98 Å². The van der Waals surface area contributed by atoms with Crippen LogP contribution >= 0.6 is 0 Å². The Bertz CT molecular complexity index is 1690. The highest BCUT2D eigenvalue weighted by Crippen LogP contribution is 2.33. The molecule has 2 amide bonds. The zero-order valence-electron chi connectivity index (χ0n) is 32.7. The van der Waals surface area contributed by atoms with E-state index in [2.05, 4.69) is 49.4 Å². The van der Waals surface area contributed by atoms with Gasteiger partial charge in [-0.3, -0.25) is 19.6 Å². The van der Waals surface area contributed by atoms with Gasteiger partial charge in [-0.1, -0.05) is 74.3 Å². The Hall–Kier alpha value is -4.20. The topological polar surface area (TPSA) is 84.0 Å². The highest BCUT2D eigenvalue weighted by Gasteiger charge is 2.37. The summed E-state index contributed by atoms with van der Waals surface area (Å²) in [5.74, 6) is 1.09. The summed E-state index contributed by atoms with van der Waals surface area (Å²) < 4.78 is 27.0. The van der Waals surface area contributed by atoms with Crippen molar-refractivity contribution < 1.29 is 18.4 Å². The Morgan fingerprint density at radius 1 is 1.04 bits per heavy atom. The monoisotopic (exact) mass is 702 g/mol. The first-order valence-corrected chi connectivity index (χ1v) is 18.3. The molecule has 278 valence electrons. The van der Waals surface area contributed by atoms with Gasteiger partial charge in [0, 0.05) is 41.4 Å². The molecule has 2 N–H and O–H groups in total. The fraction of sp³-hybridized carbons (Fsp3) is 0.488. The Kier molecular flexibility index (Phi) is 16.8. The highest BCUT2D eigenvalue weighted by atomic mass is 19.1. The Labute approximate surface area is 305 Å². The van der Waals surface area contributed by atoms with Crippen LogP contribution < -0.4 is 10.6 Å². The van der Waals surface area contributed by atoms with Crippen LogP contribution in [0.15, 0.2) is 60.8 Å². The van der Waals surface area contributed by atoms with Gasteiger partial charge in [-0.15, -0.1) is 0 Å². The molecule has 51 heavy (non-hydrogen) atoms. The molecule has 0 spiro atoms. The van der Waals surface area contributed by atoms with Crippen LogP contribution in [0.3, 0.4) is 0 Å². The summed E-state index contributed by atoms with van der Waals surface area (Å²) in [6.07, 6.45) is 6.87. The third-order valence-electron chi connectivity index (χ3n) is 9.40. The molecular weight excluding hydrogens is 642 g/mol. The molecule has 2 aromatic carbocycles. The van der Waals surface area contributed by atoms with Crippen LogP contribution in [-0.2, 0) is 11.2 Å². The van der Waals surface area contributed by atoms with Crippen LogP contribution in [0, 0.1) is 31.0 Å². The van der Waals surface area contributed by atoms with E-state index in [0.29, 0.717) is 30.9 Å². The largest absolute Gasteiger partial charge is 0.355 e. The first-order valence-electron chi connectivity index (χ1n) is 18.3. The number of nitrogens with zero attached hydrogens (tertiary/aromatic N) is 2. The van der Waals surface area contributed by atoms with E-state index in [-0.39, 0.29) is 18.3 Å². The molecule has 1 aliphatic rings. The minimum atomic E-state index is -1.35. The van der Waals surface area contributed by atoms with Gasteiger partial charge in [0.25, 0.3) is 5.91 Å². The van der Waals surface area contributed by atoms with Crippen molar-refractivity contribution in [2.24, 2.45) is 11.3 Å². The van der Waals surface area contributed by atoms with Gasteiger partial charge in [0.1, 0.15) is 11.5 Å². The maximum absolute atomic E-state index is 13.6. The third kappa shape index (κ3) is 13.1. The van der Waals surface area contributed by atoms with Gasteiger partial charge in [0.2, 0.25) is 6.41 Å². The fourth-order valence-corrected chi connectivity index (χ4v) is 5.01. The number of aryl methyl sites for hydroxylation is 1. The maximum Gasteiger partial charge on any atom is 0.251 e. The lowest BCUT2D eigenvalue weighted by Gasteiger charge is -2.34. The van der Waals surface area contributed by atoms with Gasteiger partial charge in [0.15, 0.2) is 0 Å². The van der Waals surface area contributed by atoms with Crippen molar-refractivity contribution in [3.63, 3.8) is 0 Å². The van der Waals surface area contributed by atoms with Gasteiger partial charge in [-0.2, -0.15) is 0 Å². The lowest BCUT2D eigenvalue weighted by molar-refractivity contribution is -0.110. The summed E-state index contributed by atoms with van der Waals surface area (Å²) in [5.41, 5.74) is 5.77. The number of alkyl halides is 1. The number of nitrogens with one attached hydrogen (secondary N) is 2. The second-order valence-electron chi connectivity index (χ2n) is 14.5. The van der Waals surface area contributed by atoms with Crippen LogP contribution in [-0.4, -0.2) is 41.0 Å². The van der Waals surface area contributed by atoms with E-state index in [1.807, 2.05) is 45.0 Å². The minimum absolute atomic E-state index is 0.0694. The van der Waals surface area contributed by atoms with Crippen molar-refractivity contribution in [2.75, 3.05) is 13.1 Å². The number of benzene rings is 2. The SMILES string of the molecule is CC.CC(C)(C)C(C)(F)CNC=O.CC1CC1.CCC(C)c1cc(CCNC(=O)c2cc(C)c3ncccc3c2)nc(-c2ccc(F)cc2)c1C. The molecule has 4 aromatic rings. The van der Waals surface area contributed by atoms with Crippen molar-refractivity contribution in [1.29, 1.82) is 0 Å². The zero-order valence-corrected chi connectivity index (χ0v) is 32.7. The van der Waals surface area contributed by atoms with Crippen molar-refractivity contribution in [1.82, 2.24) is 20.6 Å². The average Bonchev–Trinajstić information content (AvgIpc) is 3.90. The number of hydrogen-bond acceptors (Lipinski definition) is 4. The minimum Gasteiger partial charge on any atom is -0.355 e.